The molecule has 1 aromatic carbocycles. The third kappa shape index (κ3) is 4.34. The van der Waals surface area contributed by atoms with Crippen LogP contribution in [0.5, 0.6) is 5.75 Å². The van der Waals surface area contributed by atoms with Crippen molar-refractivity contribution >= 4 is 11.7 Å². The van der Waals surface area contributed by atoms with E-state index in [0.29, 0.717) is 6.42 Å². The second-order valence-electron chi connectivity index (χ2n) is 4.16. The average molecular weight is 237 g/mol. The summed E-state index contributed by atoms with van der Waals surface area (Å²) in [5.74, 6) is 0.0956. The molecular formula is C13H19NO3. The molecule has 0 radical (unpaired) electrons. The Hall–Kier alpha value is -1.71. The molecule has 0 fully saturated rings. The number of carbonyl (C=O) groups is 1. The summed E-state index contributed by atoms with van der Waals surface area (Å²) in [6, 6.07) is 5.97. The molecule has 0 saturated carbocycles. The number of anilines is 1. The molecule has 0 aliphatic heterocycles. The van der Waals surface area contributed by atoms with Gasteiger partial charge in [-0.2, -0.15) is 0 Å². The van der Waals surface area contributed by atoms with E-state index in [4.69, 9.17) is 9.84 Å². The topological polar surface area (TPSA) is 58.6 Å². The number of rotatable bonds is 6. The van der Waals surface area contributed by atoms with Crippen molar-refractivity contribution in [2.24, 2.45) is 0 Å². The third-order valence-electron chi connectivity index (χ3n) is 2.60. The summed E-state index contributed by atoms with van der Waals surface area (Å²) in [4.78, 5) is 10.4. The highest BCUT2D eigenvalue weighted by atomic mass is 16.5. The van der Waals surface area contributed by atoms with Crippen LogP contribution in [0.2, 0.25) is 0 Å². The van der Waals surface area contributed by atoms with E-state index >= 15 is 0 Å². The van der Waals surface area contributed by atoms with E-state index in [0.717, 1.165) is 17.0 Å². The van der Waals surface area contributed by atoms with E-state index in [1.165, 1.54) is 0 Å². The summed E-state index contributed by atoms with van der Waals surface area (Å²) >= 11 is 0. The number of ether oxygens (including phenoxy) is 1. The maximum atomic E-state index is 10.4. The predicted molar refractivity (Wildman–Crippen MR) is 67.7 cm³/mol. The van der Waals surface area contributed by atoms with Gasteiger partial charge in [-0.1, -0.05) is 0 Å². The van der Waals surface area contributed by atoms with E-state index in [-0.39, 0.29) is 12.5 Å². The first-order valence-electron chi connectivity index (χ1n) is 5.66. The van der Waals surface area contributed by atoms with Gasteiger partial charge in [0.1, 0.15) is 5.75 Å². The van der Waals surface area contributed by atoms with Crippen LogP contribution in [-0.2, 0) is 4.79 Å². The molecule has 0 aliphatic rings. The lowest BCUT2D eigenvalue weighted by Crippen LogP contribution is -2.16. The van der Waals surface area contributed by atoms with E-state index in [9.17, 15) is 4.79 Å². The lowest BCUT2D eigenvalue weighted by atomic mass is 10.1. The number of aliphatic carboxylic acids is 1. The number of methoxy groups -OCH3 is 1. The lowest BCUT2D eigenvalue weighted by Gasteiger charge is -2.15. The van der Waals surface area contributed by atoms with Crippen LogP contribution < -0.4 is 10.1 Å². The zero-order valence-corrected chi connectivity index (χ0v) is 10.5. The molecule has 0 aromatic heterocycles. The summed E-state index contributed by atoms with van der Waals surface area (Å²) in [6.45, 7) is 3.95. The van der Waals surface area contributed by atoms with Crippen LogP contribution in [0.1, 0.15) is 25.3 Å². The summed E-state index contributed by atoms with van der Waals surface area (Å²) in [7, 11) is 1.64. The second kappa shape index (κ2) is 6.13. The quantitative estimate of drug-likeness (QED) is 0.798. The molecule has 17 heavy (non-hydrogen) atoms. The second-order valence-corrected chi connectivity index (χ2v) is 4.16. The normalized spacial score (nSPS) is 11.9. The fraction of sp³-hybridized carbons (Fsp3) is 0.462. The van der Waals surface area contributed by atoms with Gasteiger partial charge in [0, 0.05) is 18.2 Å². The van der Waals surface area contributed by atoms with Crippen molar-refractivity contribution in [1.29, 1.82) is 0 Å². The van der Waals surface area contributed by atoms with Crippen LogP contribution in [0.3, 0.4) is 0 Å². The minimum absolute atomic E-state index is 0.138. The standard InChI is InChI=1S/C13H19NO3/c1-9-8-11(5-6-12(9)17-3)14-10(2)4-7-13(15)16/h5-6,8,10,14H,4,7H2,1-3H3,(H,15,16). The molecule has 94 valence electrons. The van der Waals surface area contributed by atoms with Crippen molar-refractivity contribution < 1.29 is 14.6 Å². The summed E-state index contributed by atoms with van der Waals surface area (Å²) in [6.07, 6.45) is 0.795. The molecule has 0 amide bonds. The summed E-state index contributed by atoms with van der Waals surface area (Å²) < 4.78 is 5.18. The van der Waals surface area contributed by atoms with Crippen molar-refractivity contribution in [3.8, 4) is 5.75 Å². The van der Waals surface area contributed by atoms with Crippen LogP contribution in [0, 0.1) is 6.92 Å². The summed E-state index contributed by atoms with van der Waals surface area (Å²) in [5, 5.41) is 11.9. The maximum absolute atomic E-state index is 10.4. The highest BCUT2D eigenvalue weighted by Crippen LogP contribution is 2.22. The van der Waals surface area contributed by atoms with Crippen LogP contribution in [0.25, 0.3) is 0 Å². The van der Waals surface area contributed by atoms with Gasteiger partial charge in [-0.3, -0.25) is 4.79 Å². The predicted octanol–water partition coefficient (Wildman–Crippen LogP) is 2.67. The molecule has 0 saturated heterocycles. The Kier molecular flexibility index (Phi) is 4.82. The Morgan fingerprint density at radius 3 is 2.76 bits per heavy atom. The first-order chi connectivity index (χ1) is 8.02. The first kappa shape index (κ1) is 13.4. The Bertz CT molecular complexity index is 390. The van der Waals surface area contributed by atoms with E-state index in [2.05, 4.69) is 5.32 Å². The van der Waals surface area contributed by atoms with Gasteiger partial charge in [0.25, 0.3) is 0 Å². The molecule has 0 spiro atoms. The smallest absolute Gasteiger partial charge is 0.303 e. The summed E-state index contributed by atoms with van der Waals surface area (Å²) in [5.41, 5.74) is 2.05. The van der Waals surface area contributed by atoms with Crippen LogP contribution in [0.4, 0.5) is 5.69 Å². The molecule has 1 aromatic rings. The van der Waals surface area contributed by atoms with Crippen LogP contribution in [-0.4, -0.2) is 24.2 Å². The van der Waals surface area contributed by atoms with Crippen molar-refractivity contribution in [2.75, 3.05) is 12.4 Å². The molecule has 2 N–H and O–H groups in total. The molecule has 4 nitrogen and oxygen atoms in total. The molecule has 1 rings (SSSR count). The van der Waals surface area contributed by atoms with Gasteiger partial charge >= 0.3 is 5.97 Å². The fourth-order valence-corrected chi connectivity index (χ4v) is 1.66. The van der Waals surface area contributed by atoms with Crippen molar-refractivity contribution in [3.63, 3.8) is 0 Å². The van der Waals surface area contributed by atoms with E-state index in [1.54, 1.807) is 7.11 Å². The zero-order valence-electron chi connectivity index (χ0n) is 10.5. The number of benzene rings is 1. The highest BCUT2D eigenvalue weighted by Gasteiger charge is 2.06. The molecule has 1 atom stereocenters. The van der Waals surface area contributed by atoms with Gasteiger partial charge in [-0.15, -0.1) is 0 Å². The molecule has 0 heterocycles. The average Bonchev–Trinajstić information content (AvgIpc) is 2.26. The minimum atomic E-state index is -0.760. The number of hydrogen-bond acceptors (Lipinski definition) is 3. The van der Waals surface area contributed by atoms with E-state index < -0.39 is 5.97 Å². The molecule has 4 heteroatoms. The molecular weight excluding hydrogens is 218 g/mol. The SMILES string of the molecule is COc1ccc(NC(C)CCC(=O)O)cc1C. The molecule has 0 bridgehead atoms. The van der Waals surface area contributed by atoms with Gasteiger partial charge in [0.05, 0.1) is 7.11 Å². The molecule has 0 aliphatic carbocycles. The minimum Gasteiger partial charge on any atom is -0.496 e. The van der Waals surface area contributed by atoms with Crippen molar-refractivity contribution in [1.82, 2.24) is 0 Å². The number of hydrogen-bond donors (Lipinski definition) is 2. The van der Waals surface area contributed by atoms with E-state index in [1.807, 2.05) is 32.0 Å². The fourth-order valence-electron chi connectivity index (χ4n) is 1.66. The maximum Gasteiger partial charge on any atom is 0.303 e. The zero-order chi connectivity index (χ0) is 12.8. The van der Waals surface area contributed by atoms with Crippen molar-refractivity contribution in [2.45, 2.75) is 32.7 Å². The Morgan fingerprint density at radius 1 is 1.53 bits per heavy atom. The molecule has 1 unspecified atom stereocenters. The monoisotopic (exact) mass is 237 g/mol. The first-order valence-corrected chi connectivity index (χ1v) is 5.66. The third-order valence-corrected chi connectivity index (χ3v) is 2.60. The highest BCUT2D eigenvalue weighted by molar-refractivity contribution is 5.66. The van der Waals surface area contributed by atoms with Gasteiger partial charge in [0.2, 0.25) is 0 Å². The number of carboxylic acids is 1. The van der Waals surface area contributed by atoms with Gasteiger partial charge in [-0.05, 0) is 44.0 Å². The lowest BCUT2D eigenvalue weighted by molar-refractivity contribution is -0.137. The van der Waals surface area contributed by atoms with Crippen LogP contribution >= 0.6 is 0 Å². The van der Waals surface area contributed by atoms with Gasteiger partial charge < -0.3 is 15.2 Å². The number of carboxylic acid groups (broad SMARTS) is 1. The van der Waals surface area contributed by atoms with Gasteiger partial charge in [0.15, 0.2) is 0 Å². The largest absolute Gasteiger partial charge is 0.496 e. The Labute approximate surface area is 102 Å². The van der Waals surface area contributed by atoms with Crippen molar-refractivity contribution in [3.05, 3.63) is 23.8 Å². The Balaban J connectivity index is 2.56. The van der Waals surface area contributed by atoms with Crippen LogP contribution in [0.15, 0.2) is 18.2 Å². The van der Waals surface area contributed by atoms with Gasteiger partial charge in [-0.25, -0.2) is 0 Å². The number of aryl methyl sites for hydroxylation is 1. The Morgan fingerprint density at radius 2 is 2.24 bits per heavy atom. The number of nitrogens with one attached hydrogen (secondary N) is 1.